The second-order valence-corrected chi connectivity index (χ2v) is 5.76. The maximum absolute atomic E-state index is 11.2. The predicted molar refractivity (Wildman–Crippen MR) is 83.6 cm³/mol. The molecule has 2 aromatic heterocycles. The minimum Gasteiger partial charge on any atom is -0.477 e. The van der Waals surface area contributed by atoms with Crippen LogP contribution in [0.1, 0.15) is 20.8 Å². The number of nitrogens with zero attached hydrogens (tertiary/aromatic N) is 2. The smallest absolute Gasteiger partial charge is 0.346 e. The molecule has 1 aromatic carbocycles. The lowest BCUT2D eigenvalue weighted by Gasteiger charge is -2.07. The third-order valence-corrected chi connectivity index (χ3v) is 4.39. The third kappa shape index (κ3) is 2.45. The van der Waals surface area contributed by atoms with Crippen LogP contribution in [0.4, 0.5) is 11.5 Å². The lowest BCUT2D eigenvalue weighted by Crippen LogP contribution is -1.97. The SMILES string of the molecule is Cc1cccc(Nc2ncnc3sc(C(=O)O)c(C)c23)c1. The van der Waals surface area contributed by atoms with Crippen LogP contribution in [0, 0.1) is 13.8 Å². The van der Waals surface area contributed by atoms with Crippen LogP contribution in [0.3, 0.4) is 0 Å². The Hall–Kier alpha value is -2.47. The normalized spacial score (nSPS) is 10.8. The van der Waals surface area contributed by atoms with Gasteiger partial charge in [-0.25, -0.2) is 14.8 Å². The molecule has 0 aliphatic rings. The first-order chi connectivity index (χ1) is 10.1. The highest BCUT2D eigenvalue weighted by atomic mass is 32.1. The Morgan fingerprint density at radius 3 is 2.81 bits per heavy atom. The Morgan fingerprint density at radius 1 is 1.29 bits per heavy atom. The van der Waals surface area contributed by atoms with Crippen LogP contribution in [0.25, 0.3) is 10.2 Å². The Balaban J connectivity index is 2.12. The van der Waals surface area contributed by atoms with E-state index in [1.807, 2.05) is 31.2 Å². The van der Waals surface area contributed by atoms with E-state index in [0.717, 1.165) is 16.6 Å². The van der Waals surface area contributed by atoms with Gasteiger partial charge in [-0.3, -0.25) is 0 Å². The van der Waals surface area contributed by atoms with E-state index in [1.54, 1.807) is 6.92 Å². The van der Waals surface area contributed by atoms with Crippen molar-refractivity contribution in [2.75, 3.05) is 5.32 Å². The monoisotopic (exact) mass is 299 g/mol. The lowest BCUT2D eigenvalue weighted by molar-refractivity contribution is 0.0701. The van der Waals surface area contributed by atoms with Gasteiger partial charge in [0.2, 0.25) is 0 Å². The molecule has 3 rings (SSSR count). The molecule has 3 aromatic rings. The molecular formula is C15H13N3O2S. The van der Waals surface area contributed by atoms with E-state index >= 15 is 0 Å². The van der Waals surface area contributed by atoms with Crippen LogP contribution in [-0.2, 0) is 0 Å². The average Bonchev–Trinajstić information content (AvgIpc) is 2.77. The van der Waals surface area contributed by atoms with Crippen molar-refractivity contribution < 1.29 is 9.90 Å². The zero-order valence-corrected chi connectivity index (χ0v) is 12.4. The third-order valence-electron chi connectivity index (χ3n) is 3.20. The first-order valence-electron chi connectivity index (χ1n) is 6.37. The van der Waals surface area contributed by atoms with Crippen molar-refractivity contribution in [3.8, 4) is 0 Å². The topological polar surface area (TPSA) is 75.1 Å². The predicted octanol–water partition coefficient (Wildman–Crippen LogP) is 3.75. The molecule has 0 fully saturated rings. The van der Waals surface area contributed by atoms with Crippen molar-refractivity contribution in [2.24, 2.45) is 0 Å². The summed E-state index contributed by atoms with van der Waals surface area (Å²) in [6.45, 7) is 3.80. The first-order valence-corrected chi connectivity index (χ1v) is 7.19. The van der Waals surface area contributed by atoms with E-state index in [0.29, 0.717) is 21.1 Å². The molecule has 0 radical (unpaired) electrons. The summed E-state index contributed by atoms with van der Waals surface area (Å²) in [6.07, 6.45) is 1.45. The number of hydrogen-bond acceptors (Lipinski definition) is 5. The number of carboxylic acids is 1. The van der Waals surface area contributed by atoms with Gasteiger partial charge in [0.05, 0.1) is 5.39 Å². The number of nitrogens with one attached hydrogen (secondary N) is 1. The molecule has 5 nitrogen and oxygen atoms in total. The summed E-state index contributed by atoms with van der Waals surface area (Å²) in [4.78, 5) is 20.7. The van der Waals surface area contributed by atoms with Crippen molar-refractivity contribution in [1.29, 1.82) is 0 Å². The number of rotatable bonds is 3. The van der Waals surface area contributed by atoms with Crippen molar-refractivity contribution >= 4 is 39.0 Å². The van der Waals surface area contributed by atoms with Gasteiger partial charge in [0.25, 0.3) is 0 Å². The standard InChI is InChI=1S/C15H13N3O2S/c1-8-4-3-5-10(6-8)18-13-11-9(2)12(15(19)20)21-14(11)17-7-16-13/h3-7H,1-2H3,(H,19,20)(H,16,17,18). The summed E-state index contributed by atoms with van der Waals surface area (Å²) < 4.78 is 0. The highest BCUT2D eigenvalue weighted by Crippen LogP contribution is 2.34. The molecular weight excluding hydrogens is 286 g/mol. The van der Waals surface area contributed by atoms with E-state index in [4.69, 9.17) is 0 Å². The van der Waals surface area contributed by atoms with Gasteiger partial charge >= 0.3 is 5.97 Å². The molecule has 0 unspecified atom stereocenters. The van der Waals surface area contributed by atoms with Gasteiger partial charge in [-0.2, -0.15) is 0 Å². The summed E-state index contributed by atoms with van der Waals surface area (Å²) in [7, 11) is 0. The maximum atomic E-state index is 11.2. The van der Waals surface area contributed by atoms with E-state index in [2.05, 4.69) is 15.3 Å². The Labute approximate surface area is 125 Å². The summed E-state index contributed by atoms with van der Waals surface area (Å²) in [5.74, 6) is -0.302. The number of carboxylic acid groups (broad SMARTS) is 1. The average molecular weight is 299 g/mol. The minimum atomic E-state index is -0.933. The fourth-order valence-electron chi connectivity index (χ4n) is 2.23. The highest BCUT2D eigenvalue weighted by molar-refractivity contribution is 7.20. The Morgan fingerprint density at radius 2 is 2.10 bits per heavy atom. The molecule has 21 heavy (non-hydrogen) atoms. The number of fused-ring (bicyclic) bond motifs is 1. The molecule has 0 bridgehead atoms. The number of carbonyl (C=O) groups is 1. The van der Waals surface area contributed by atoms with Gasteiger partial charge < -0.3 is 10.4 Å². The zero-order chi connectivity index (χ0) is 15.0. The summed E-state index contributed by atoms with van der Waals surface area (Å²) in [5, 5.41) is 13.2. The number of thiophene rings is 1. The summed E-state index contributed by atoms with van der Waals surface area (Å²) in [5.41, 5.74) is 2.74. The van der Waals surface area contributed by atoms with Crippen LogP contribution >= 0.6 is 11.3 Å². The van der Waals surface area contributed by atoms with Crippen LogP contribution in [0.5, 0.6) is 0 Å². The molecule has 0 aliphatic carbocycles. The largest absolute Gasteiger partial charge is 0.477 e. The number of benzene rings is 1. The molecule has 0 saturated carbocycles. The fourth-order valence-corrected chi connectivity index (χ4v) is 3.22. The van der Waals surface area contributed by atoms with Gasteiger partial charge in [0, 0.05) is 5.69 Å². The molecule has 0 amide bonds. The van der Waals surface area contributed by atoms with Crippen LogP contribution in [-0.4, -0.2) is 21.0 Å². The highest BCUT2D eigenvalue weighted by Gasteiger charge is 2.18. The molecule has 2 heterocycles. The van der Waals surface area contributed by atoms with Crippen molar-refractivity contribution in [1.82, 2.24) is 9.97 Å². The van der Waals surface area contributed by atoms with Gasteiger partial charge in [0.15, 0.2) is 0 Å². The van der Waals surface area contributed by atoms with Gasteiger partial charge in [-0.1, -0.05) is 12.1 Å². The van der Waals surface area contributed by atoms with Crippen molar-refractivity contribution in [2.45, 2.75) is 13.8 Å². The quantitative estimate of drug-likeness (QED) is 0.770. The number of aromatic nitrogens is 2. The second-order valence-electron chi connectivity index (χ2n) is 4.76. The summed E-state index contributed by atoms with van der Waals surface area (Å²) >= 11 is 1.17. The van der Waals surface area contributed by atoms with Gasteiger partial charge in [-0.15, -0.1) is 11.3 Å². The van der Waals surface area contributed by atoms with Crippen molar-refractivity contribution in [3.05, 3.63) is 46.6 Å². The van der Waals surface area contributed by atoms with Crippen LogP contribution < -0.4 is 5.32 Å². The molecule has 0 saturated heterocycles. The number of aryl methyl sites for hydroxylation is 2. The fraction of sp³-hybridized carbons (Fsp3) is 0.133. The number of hydrogen-bond donors (Lipinski definition) is 2. The molecule has 6 heteroatoms. The van der Waals surface area contributed by atoms with E-state index in [-0.39, 0.29) is 0 Å². The van der Waals surface area contributed by atoms with E-state index in [1.165, 1.54) is 17.7 Å². The lowest BCUT2D eigenvalue weighted by atomic mass is 10.2. The molecule has 0 aliphatic heterocycles. The molecule has 0 spiro atoms. The van der Waals surface area contributed by atoms with Crippen LogP contribution in [0.15, 0.2) is 30.6 Å². The number of aromatic carboxylic acids is 1. The van der Waals surface area contributed by atoms with Gasteiger partial charge in [0.1, 0.15) is 21.9 Å². The van der Waals surface area contributed by atoms with Gasteiger partial charge in [-0.05, 0) is 37.1 Å². The Bertz CT molecular complexity index is 842. The van der Waals surface area contributed by atoms with Crippen LogP contribution in [0.2, 0.25) is 0 Å². The van der Waals surface area contributed by atoms with E-state index in [9.17, 15) is 9.90 Å². The Kier molecular flexibility index (Phi) is 3.31. The second kappa shape index (κ2) is 5.14. The number of anilines is 2. The summed E-state index contributed by atoms with van der Waals surface area (Å²) in [6, 6.07) is 7.92. The molecule has 2 N–H and O–H groups in total. The first kappa shape index (κ1) is 13.5. The molecule has 106 valence electrons. The zero-order valence-electron chi connectivity index (χ0n) is 11.5. The minimum absolute atomic E-state index is 0.304. The van der Waals surface area contributed by atoms with E-state index < -0.39 is 5.97 Å². The van der Waals surface area contributed by atoms with Crippen molar-refractivity contribution in [3.63, 3.8) is 0 Å². The maximum Gasteiger partial charge on any atom is 0.346 e. The molecule has 0 atom stereocenters.